The topological polar surface area (TPSA) is 59.8 Å². The van der Waals surface area contributed by atoms with Gasteiger partial charge in [0.15, 0.2) is 5.65 Å². The maximum absolute atomic E-state index is 13.2. The Labute approximate surface area is 168 Å². The smallest absolute Gasteiger partial charge is 0.224 e. The van der Waals surface area contributed by atoms with E-state index in [1.165, 1.54) is 17.7 Å². The van der Waals surface area contributed by atoms with Crippen molar-refractivity contribution in [2.24, 2.45) is 0 Å². The summed E-state index contributed by atoms with van der Waals surface area (Å²) in [6, 6.07) is 19.9. The van der Waals surface area contributed by atoms with Crippen LogP contribution >= 0.6 is 0 Å². The number of nitrogens with one attached hydrogen (secondary N) is 1. The molecule has 0 aliphatic carbocycles. The van der Waals surface area contributed by atoms with E-state index < -0.39 is 0 Å². The van der Waals surface area contributed by atoms with Gasteiger partial charge in [-0.25, -0.2) is 14.4 Å². The van der Waals surface area contributed by atoms with Crippen molar-refractivity contribution >= 4 is 22.8 Å². The molecule has 146 valence electrons. The summed E-state index contributed by atoms with van der Waals surface area (Å²) < 4.78 is 15.4. The molecule has 4 aromatic rings. The van der Waals surface area contributed by atoms with Crippen LogP contribution in [-0.4, -0.2) is 20.4 Å². The molecule has 0 unspecified atom stereocenters. The van der Waals surface area contributed by atoms with Crippen molar-refractivity contribution in [3.05, 3.63) is 90.1 Å². The van der Waals surface area contributed by atoms with Gasteiger partial charge in [0.1, 0.15) is 17.2 Å². The molecule has 6 heteroatoms. The third-order valence-electron chi connectivity index (χ3n) is 4.68. The highest BCUT2D eigenvalue weighted by Crippen LogP contribution is 2.18. The number of imidazole rings is 1. The highest BCUT2D eigenvalue weighted by molar-refractivity contribution is 5.90. The monoisotopic (exact) mass is 388 g/mol. The maximum Gasteiger partial charge on any atom is 0.224 e. The molecule has 4 rings (SSSR count). The molecule has 0 aliphatic rings. The Morgan fingerprint density at radius 1 is 1.03 bits per heavy atom. The summed E-state index contributed by atoms with van der Waals surface area (Å²) in [6.07, 6.45) is 3.39. The van der Waals surface area contributed by atoms with Crippen molar-refractivity contribution in [3.63, 3.8) is 0 Å². The third-order valence-corrected chi connectivity index (χ3v) is 4.68. The Morgan fingerprint density at radius 3 is 2.72 bits per heavy atom. The van der Waals surface area contributed by atoms with Crippen molar-refractivity contribution in [1.29, 1.82) is 0 Å². The second-order valence-electron chi connectivity index (χ2n) is 6.86. The molecule has 1 N–H and O–H groups in total. The number of amides is 1. The van der Waals surface area contributed by atoms with Gasteiger partial charge in [0, 0.05) is 24.7 Å². The SMILES string of the molecule is O=C(CCCc1nc2cccnc2n1Cc1ccccc1)Nc1cccc(F)c1. The summed E-state index contributed by atoms with van der Waals surface area (Å²) in [6.45, 7) is 0.680. The van der Waals surface area contributed by atoms with E-state index in [9.17, 15) is 9.18 Å². The van der Waals surface area contributed by atoms with E-state index in [4.69, 9.17) is 4.98 Å². The van der Waals surface area contributed by atoms with E-state index in [0.29, 0.717) is 31.5 Å². The van der Waals surface area contributed by atoms with Gasteiger partial charge < -0.3 is 9.88 Å². The first-order chi connectivity index (χ1) is 14.2. The number of carbonyl (C=O) groups excluding carboxylic acids is 1. The molecule has 29 heavy (non-hydrogen) atoms. The average molecular weight is 388 g/mol. The van der Waals surface area contributed by atoms with Gasteiger partial charge in [-0.3, -0.25) is 4.79 Å². The van der Waals surface area contributed by atoms with Crippen LogP contribution in [0.15, 0.2) is 72.9 Å². The minimum absolute atomic E-state index is 0.139. The molecule has 2 aromatic heterocycles. The predicted octanol–water partition coefficient (Wildman–Crippen LogP) is 4.58. The zero-order valence-electron chi connectivity index (χ0n) is 15.9. The van der Waals surface area contributed by atoms with Gasteiger partial charge in [-0.1, -0.05) is 36.4 Å². The fourth-order valence-electron chi connectivity index (χ4n) is 3.33. The maximum atomic E-state index is 13.2. The summed E-state index contributed by atoms with van der Waals surface area (Å²) >= 11 is 0. The molecule has 0 radical (unpaired) electrons. The van der Waals surface area contributed by atoms with Gasteiger partial charge in [0.2, 0.25) is 5.91 Å². The van der Waals surface area contributed by atoms with Crippen molar-refractivity contribution < 1.29 is 9.18 Å². The molecule has 2 heterocycles. The Balaban J connectivity index is 1.45. The fraction of sp³-hybridized carbons (Fsp3) is 0.174. The first kappa shape index (κ1) is 18.8. The molecular weight excluding hydrogens is 367 g/mol. The summed E-state index contributed by atoms with van der Waals surface area (Å²) in [5, 5.41) is 2.73. The van der Waals surface area contributed by atoms with Crippen molar-refractivity contribution in [3.8, 4) is 0 Å². The quantitative estimate of drug-likeness (QED) is 0.504. The van der Waals surface area contributed by atoms with E-state index >= 15 is 0 Å². The molecular formula is C23H21FN4O. The number of nitrogens with zero attached hydrogens (tertiary/aromatic N) is 3. The summed E-state index contributed by atoms with van der Waals surface area (Å²) in [5.74, 6) is 0.394. The minimum atomic E-state index is -0.370. The highest BCUT2D eigenvalue weighted by Gasteiger charge is 2.13. The standard InChI is InChI=1S/C23H21FN4O/c24-18-9-4-10-19(15-18)26-22(29)13-5-12-21-27-20-11-6-14-25-23(20)28(21)16-17-7-2-1-3-8-17/h1-4,6-11,14-15H,5,12-13,16H2,(H,26,29). The first-order valence-corrected chi connectivity index (χ1v) is 9.58. The van der Waals surface area contributed by atoms with Crippen LogP contribution in [0.25, 0.3) is 11.2 Å². The Hall–Kier alpha value is -3.54. The van der Waals surface area contributed by atoms with E-state index in [1.807, 2.05) is 30.3 Å². The second-order valence-corrected chi connectivity index (χ2v) is 6.86. The number of fused-ring (bicyclic) bond motifs is 1. The Kier molecular flexibility index (Phi) is 5.61. The number of hydrogen-bond acceptors (Lipinski definition) is 3. The number of hydrogen-bond donors (Lipinski definition) is 1. The van der Waals surface area contributed by atoms with Crippen LogP contribution < -0.4 is 5.32 Å². The molecule has 0 fully saturated rings. The molecule has 0 bridgehead atoms. The lowest BCUT2D eigenvalue weighted by atomic mass is 10.2. The van der Waals surface area contributed by atoms with E-state index in [2.05, 4.69) is 27.0 Å². The second kappa shape index (κ2) is 8.65. The molecule has 0 atom stereocenters. The zero-order chi connectivity index (χ0) is 20.1. The number of halogens is 1. The molecule has 0 saturated carbocycles. The van der Waals surface area contributed by atoms with Crippen molar-refractivity contribution in [2.75, 3.05) is 5.32 Å². The number of pyridine rings is 1. The zero-order valence-corrected chi connectivity index (χ0v) is 15.9. The normalized spacial score (nSPS) is 10.9. The van der Waals surface area contributed by atoms with Crippen LogP contribution in [0.4, 0.5) is 10.1 Å². The fourth-order valence-corrected chi connectivity index (χ4v) is 3.33. The van der Waals surface area contributed by atoms with Crippen LogP contribution in [0.1, 0.15) is 24.2 Å². The highest BCUT2D eigenvalue weighted by atomic mass is 19.1. The Bertz CT molecular complexity index is 1120. The summed E-state index contributed by atoms with van der Waals surface area (Å²) in [7, 11) is 0. The lowest BCUT2D eigenvalue weighted by molar-refractivity contribution is -0.116. The van der Waals surface area contributed by atoms with Crippen LogP contribution in [0.2, 0.25) is 0 Å². The average Bonchev–Trinajstić information content (AvgIpc) is 3.06. The number of aromatic nitrogens is 3. The van der Waals surface area contributed by atoms with Crippen LogP contribution in [0.3, 0.4) is 0 Å². The molecule has 0 spiro atoms. The lowest BCUT2D eigenvalue weighted by Gasteiger charge is -2.09. The molecule has 2 aromatic carbocycles. The van der Waals surface area contributed by atoms with Crippen molar-refractivity contribution in [2.45, 2.75) is 25.8 Å². The van der Waals surface area contributed by atoms with Gasteiger partial charge >= 0.3 is 0 Å². The third kappa shape index (κ3) is 4.66. The number of rotatable bonds is 7. The molecule has 5 nitrogen and oxygen atoms in total. The van der Waals surface area contributed by atoms with Crippen LogP contribution in [-0.2, 0) is 17.8 Å². The van der Waals surface area contributed by atoms with E-state index in [0.717, 1.165) is 17.0 Å². The van der Waals surface area contributed by atoms with Gasteiger partial charge in [-0.15, -0.1) is 0 Å². The first-order valence-electron chi connectivity index (χ1n) is 9.58. The van der Waals surface area contributed by atoms with Crippen molar-refractivity contribution in [1.82, 2.24) is 14.5 Å². The van der Waals surface area contributed by atoms with Crippen LogP contribution in [0, 0.1) is 5.82 Å². The van der Waals surface area contributed by atoms with Crippen LogP contribution in [0.5, 0.6) is 0 Å². The largest absolute Gasteiger partial charge is 0.326 e. The van der Waals surface area contributed by atoms with E-state index in [1.54, 1.807) is 18.3 Å². The number of carbonyl (C=O) groups is 1. The van der Waals surface area contributed by atoms with Gasteiger partial charge in [-0.05, 0) is 42.3 Å². The van der Waals surface area contributed by atoms with E-state index in [-0.39, 0.29) is 11.7 Å². The minimum Gasteiger partial charge on any atom is -0.326 e. The lowest BCUT2D eigenvalue weighted by Crippen LogP contribution is -2.12. The summed E-state index contributed by atoms with van der Waals surface area (Å²) in [4.78, 5) is 21.4. The molecule has 0 aliphatic heterocycles. The number of aryl methyl sites for hydroxylation is 1. The summed E-state index contributed by atoms with van der Waals surface area (Å²) in [5.41, 5.74) is 3.33. The molecule has 0 saturated heterocycles. The number of anilines is 1. The van der Waals surface area contributed by atoms with Gasteiger partial charge in [0.05, 0.1) is 6.54 Å². The van der Waals surface area contributed by atoms with Gasteiger partial charge in [0.25, 0.3) is 0 Å². The Morgan fingerprint density at radius 2 is 1.90 bits per heavy atom. The predicted molar refractivity (Wildman–Crippen MR) is 111 cm³/mol. The number of benzene rings is 2. The van der Waals surface area contributed by atoms with Gasteiger partial charge in [-0.2, -0.15) is 0 Å². The molecule has 1 amide bonds.